The van der Waals surface area contributed by atoms with E-state index in [9.17, 15) is 0 Å². The second-order valence-corrected chi connectivity index (χ2v) is 5.35. The second kappa shape index (κ2) is 5.68. The molecule has 1 aliphatic heterocycles. The molecule has 1 aromatic carbocycles. The molecule has 0 spiro atoms. The largest absolute Gasteiger partial charge is 0.314 e. The Balaban J connectivity index is 1.69. The molecule has 1 N–H and O–H groups in total. The van der Waals surface area contributed by atoms with Crippen LogP contribution >= 0.6 is 0 Å². The van der Waals surface area contributed by atoms with Crippen LogP contribution in [-0.4, -0.2) is 42.6 Å². The van der Waals surface area contributed by atoms with Gasteiger partial charge in [-0.15, -0.1) is 0 Å². The summed E-state index contributed by atoms with van der Waals surface area (Å²) in [5, 5.41) is 5.94. The average Bonchev–Trinajstić information content (AvgIpc) is 2.46. The summed E-state index contributed by atoms with van der Waals surface area (Å²) >= 11 is 0. The number of aryl methyl sites for hydroxylation is 1. The van der Waals surface area contributed by atoms with Gasteiger partial charge in [-0.25, -0.2) is 0 Å². The smallest absolute Gasteiger partial charge is 0.0379 e. The molecule has 2 heterocycles. The van der Waals surface area contributed by atoms with Crippen molar-refractivity contribution < 1.29 is 0 Å². The summed E-state index contributed by atoms with van der Waals surface area (Å²) in [4.78, 5) is 6.92. The zero-order valence-electron chi connectivity index (χ0n) is 11.5. The maximum Gasteiger partial charge on any atom is 0.0379 e. The molecule has 3 heteroatoms. The highest BCUT2D eigenvalue weighted by Gasteiger charge is 2.09. The molecule has 1 aliphatic rings. The summed E-state index contributed by atoms with van der Waals surface area (Å²) in [5.41, 5.74) is 2.50. The second-order valence-electron chi connectivity index (χ2n) is 5.35. The van der Waals surface area contributed by atoms with E-state index in [4.69, 9.17) is 0 Å². The standard InChI is InChI=1S/C16H21N3/c1-13-10-15-3-2-14(11-16(15)12-18-13)4-7-19-8-5-17-6-9-19/h2-3,10-12,17H,4-9H2,1H3. The van der Waals surface area contributed by atoms with Crippen LogP contribution in [0.1, 0.15) is 11.3 Å². The van der Waals surface area contributed by atoms with E-state index >= 15 is 0 Å². The van der Waals surface area contributed by atoms with Crippen LogP contribution in [0.5, 0.6) is 0 Å². The first-order valence-electron chi connectivity index (χ1n) is 7.10. The summed E-state index contributed by atoms with van der Waals surface area (Å²) in [7, 11) is 0. The number of piperazine rings is 1. The first-order chi connectivity index (χ1) is 9.31. The predicted octanol–water partition coefficient (Wildman–Crippen LogP) is 1.99. The summed E-state index contributed by atoms with van der Waals surface area (Å²) in [6, 6.07) is 8.90. The lowest BCUT2D eigenvalue weighted by atomic mass is 10.1. The third-order valence-corrected chi connectivity index (χ3v) is 3.85. The lowest BCUT2D eigenvalue weighted by Crippen LogP contribution is -2.44. The number of fused-ring (bicyclic) bond motifs is 1. The van der Waals surface area contributed by atoms with E-state index in [1.165, 1.54) is 29.4 Å². The van der Waals surface area contributed by atoms with Crippen molar-refractivity contribution >= 4 is 10.8 Å². The maximum absolute atomic E-state index is 4.38. The van der Waals surface area contributed by atoms with Crippen LogP contribution in [0.15, 0.2) is 30.5 Å². The monoisotopic (exact) mass is 255 g/mol. The van der Waals surface area contributed by atoms with Crippen LogP contribution in [0.2, 0.25) is 0 Å². The molecule has 0 aliphatic carbocycles. The van der Waals surface area contributed by atoms with E-state index in [2.05, 4.69) is 39.5 Å². The van der Waals surface area contributed by atoms with Gasteiger partial charge in [-0.2, -0.15) is 0 Å². The number of benzene rings is 1. The van der Waals surface area contributed by atoms with E-state index in [-0.39, 0.29) is 0 Å². The number of nitrogens with one attached hydrogen (secondary N) is 1. The summed E-state index contributed by atoms with van der Waals surface area (Å²) in [6.45, 7) is 7.80. The van der Waals surface area contributed by atoms with Crippen LogP contribution in [0.25, 0.3) is 10.8 Å². The Labute approximate surface area is 114 Å². The molecule has 0 atom stereocenters. The minimum absolute atomic E-state index is 1.08. The normalized spacial score (nSPS) is 16.9. The van der Waals surface area contributed by atoms with E-state index in [0.29, 0.717) is 0 Å². The minimum atomic E-state index is 1.08. The van der Waals surface area contributed by atoms with Gasteiger partial charge in [-0.3, -0.25) is 4.98 Å². The highest BCUT2D eigenvalue weighted by atomic mass is 15.2. The number of aromatic nitrogens is 1. The van der Waals surface area contributed by atoms with Crippen LogP contribution < -0.4 is 5.32 Å². The zero-order chi connectivity index (χ0) is 13.1. The number of hydrogen-bond acceptors (Lipinski definition) is 3. The molecule has 0 unspecified atom stereocenters. The molecule has 2 aromatic rings. The van der Waals surface area contributed by atoms with E-state index < -0.39 is 0 Å². The number of pyridine rings is 1. The van der Waals surface area contributed by atoms with Gasteiger partial charge in [-0.05, 0) is 36.4 Å². The van der Waals surface area contributed by atoms with Gasteiger partial charge >= 0.3 is 0 Å². The molecule has 3 nitrogen and oxygen atoms in total. The molecule has 1 fully saturated rings. The summed E-state index contributed by atoms with van der Waals surface area (Å²) in [5.74, 6) is 0. The number of hydrogen-bond donors (Lipinski definition) is 1. The minimum Gasteiger partial charge on any atom is -0.314 e. The van der Waals surface area contributed by atoms with Crippen molar-refractivity contribution in [3.05, 3.63) is 41.7 Å². The highest BCUT2D eigenvalue weighted by molar-refractivity contribution is 5.82. The van der Waals surface area contributed by atoms with Gasteiger partial charge in [0.2, 0.25) is 0 Å². The molecule has 1 aromatic heterocycles. The van der Waals surface area contributed by atoms with Crippen LogP contribution in [-0.2, 0) is 6.42 Å². The molecular weight excluding hydrogens is 234 g/mol. The fraction of sp³-hybridized carbons (Fsp3) is 0.438. The zero-order valence-corrected chi connectivity index (χ0v) is 11.5. The quantitative estimate of drug-likeness (QED) is 0.909. The van der Waals surface area contributed by atoms with Gasteiger partial charge < -0.3 is 10.2 Å². The molecule has 3 rings (SSSR count). The highest BCUT2D eigenvalue weighted by Crippen LogP contribution is 2.16. The lowest BCUT2D eigenvalue weighted by molar-refractivity contribution is 0.244. The van der Waals surface area contributed by atoms with Crippen molar-refractivity contribution in [3.8, 4) is 0 Å². The van der Waals surface area contributed by atoms with Crippen molar-refractivity contribution in [2.75, 3.05) is 32.7 Å². The van der Waals surface area contributed by atoms with Gasteiger partial charge in [0.25, 0.3) is 0 Å². The van der Waals surface area contributed by atoms with Crippen LogP contribution in [0.3, 0.4) is 0 Å². The molecule has 0 radical (unpaired) electrons. The lowest BCUT2D eigenvalue weighted by Gasteiger charge is -2.27. The average molecular weight is 255 g/mol. The van der Waals surface area contributed by atoms with Gasteiger partial charge in [0.05, 0.1) is 0 Å². The van der Waals surface area contributed by atoms with Crippen molar-refractivity contribution in [3.63, 3.8) is 0 Å². The fourth-order valence-corrected chi connectivity index (χ4v) is 2.68. The number of nitrogens with zero attached hydrogens (tertiary/aromatic N) is 2. The Kier molecular flexibility index (Phi) is 3.76. The molecule has 100 valence electrons. The maximum atomic E-state index is 4.38. The van der Waals surface area contributed by atoms with Gasteiger partial charge in [-0.1, -0.05) is 12.1 Å². The molecule has 0 bridgehead atoms. The van der Waals surface area contributed by atoms with Crippen molar-refractivity contribution in [2.24, 2.45) is 0 Å². The van der Waals surface area contributed by atoms with Crippen molar-refractivity contribution in [1.29, 1.82) is 0 Å². The molecule has 0 amide bonds. The van der Waals surface area contributed by atoms with E-state index in [0.717, 1.165) is 31.7 Å². The Morgan fingerprint density at radius 2 is 2.00 bits per heavy atom. The van der Waals surface area contributed by atoms with Crippen LogP contribution in [0, 0.1) is 6.92 Å². The van der Waals surface area contributed by atoms with Crippen molar-refractivity contribution in [2.45, 2.75) is 13.3 Å². The summed E-state index contributed by atoms with van der Waals surface area (Å²) < 4.78 is 0. The molecule has 0 saturated carbocycles. The molecular formula is C16H21N3. The van der Waals surface area contributed by atoms with E-state index in [1.807, 2.05) is 13.1 Å². The van der Waals surface area contributed by atoms with Crippen molar-refractivity contribution in [1.82, 2.24) is 15.2 Å². The first kappa shape index (κ1) is 12.6. The Morgan fingerprint density at radius 3 is 2.84 bits per heavy atom. The third kappa shape index (κ3) is 3.11. The van der Waals surface area contributed by atoms with Gasteiger partial charge in [0, 0.05) is 50.0 Å². The Morgan fingerprint density at radius 1 is 1.16 bits per heavy atom. The Bertz CT molecular complexity index is 559. The Hall–Kier alpha value is -1.45. The third-order valence-electron chi connectivity index (χ3n) is 3.85. The topological polar surface area (TPSA) is 28.2 Å². The SMILES string of the molecule is Cc1cc2ccc(CCN3CCNCC3)cc2cn1. The first-order valence-corrected chi connectivity index (χ1v) is 7.10. The molecule has 19 heavy (non-hydrogen) atoms. The van der Waals surface area contributed by atoms with Crippen LogP contribution in [0.4, 0.5) is 0 Å². The fourth-order valence-electron chi connectivity index (χ4n) is 2.68. The number of rotatable bonds is 3. The van der Waals surface area contributed by atoms with Gasteiger partial charge in [0.1, 0.15) is 0 Å². The predicted molar refractivity (Wildman–Crippen MR) is 79.5 cm³/mol. The molecule has 1 saturated heterocycles. The van der Waals surface area contributed by atoms with E-state index in [1.54, 1.807) is 0 Å². The summed E-state index contributed by atoms with van der Waals surface area (Å²) in [6.07, 6.45) is 3.11. The van der Waals surface area contributed by atoms with Gasteiger partial charge in [0.15, 0.2) is 0 Å².